The van der Waals surface area contributed by atoms with Crippen molar-refractivity contribution in [3.63, 3.8) is 0 Å². The van der Waals surface area contributed by atoms with Gasteiger partial charge in [-0.25, -0.2) is 0 Å². The van der Waals surface area contributed by atoms with E-state index >= 15 is 0 Å². The number of carbonyl (C=O) groups excluding carboxylic acids is 1. The molecule has 2 atom stereocenters. The van der Waals surface area contributed by atoms with Crippen LogP contribution in [0, 0.1) is 5.92 Å². The molecule has 0 radical (unpaired) electrons. The molecule has 2 aromatic rings. The van der Waals surface area contributed by atoms with Crippen LogP contribution >= 0.6 is 0 Å². The van der Waals surface area contributed by atoms with Crippen LogP contribution in [0.3, 0.4) is 0 Å². The van der Waals surface area contributed by atoms with E-state index in [4.69, 9.17) is 0 Å². The molecule has 2 aliphatic rings. The van der Waals surface area contributed by atoms with Gasteiger partial charge in [-0.2, -0.15) is 0 Å². The molecule has 1 saturated carbocycles. The van der Waals surface area contributed by atoms with Crippen LogP contribution in [0.5, 0.6) is 0 Å². The van der Waals surface area contributed by atoms with Gasteiger partial charge < -0.3 is 4.90 Å². The Hall–Kier alpha value is -2.13. The number of benzene rings is 2. The van der Waals surface area contributed by atoms with Crippen molar-refractivity contribution in [3.8, 4) is 0 Å². The molecule has 136 valence electrons. The molecule has 1 aliphatic heterocycles. The molecule has 1 heterocycles. The Bertz CT molecular complexity index is 706. The van der Waals surface area contributed by atoms with Crippen LogP contribution in [0.1, 0.15) is 55.3 Å². The summed E-state index contributed by atoms with van der Waals surface area (Å²) in [5.74, 6) is 0.871. The topological polar surface area (TPSA) is 32.3 Å². The first-order valence-corrected chi connectivity index (χ1v) is 9.97. The van der Waals surface area contributed by atoms with Crippen molar-refractivity contribution in [2.75, 3.05) is 13.1 Å². The second-order valence-electron chi connectivity index (χ2n) is 7.62. The maximum Gasteiger partial charge on any atom is 0.244 e. The molecule has 0 spiro atoms. The summed E-state index contributed by atoms with van der Waals surface area (Å²) >= 11 is 0. The number of rotatable bonds is 6. The highest BCUT2D eigenvalue weighted by molar-refractivity contribution is 5.83. The zero-order chi connectivity index (χ0) is 17.8. The van der Waals surface area contributed by atoms with Gasteiger partial charge >= 0.3 is 0 Å². The number of carbonyl (C=O) groups is 1. The average molecular weight is 348 g/mol. The number of piperidine rings is 1. The van der Waals surface area contributed by atoms with Crippen LogP contribution in [-0.4, -0.2) is 23.9 Å². The van der Waals surface area contributed by atoms with Crippen LogP contribution in [0.25, 0.3) is 0 Å². The third kappa shape index (κ3) is 3.99. The molecule has 0 bridgehead atoms. The summed E-state index contributed by atoms with van der Waals surface area (Å²) in [5.41, 5.74) is 2.37. The summed E-state index contributed by atoms with van der Waals surface area (Å²) in [6.07, 6.45) is 5.97. The van der Waals surface area contributed by atoms with Crippen LogP contribution in [0.15, 0.2) is 60.7 Å². The molecule has 2 unspecified atom stereocenters. The minimum absolute atomic E-state index is 0.234. The van der Waals surface area contributed by atoms with E-state index in [2.05, 4.69) is 52.7 Å². The van der Waals surface area contributed by atoms with Crippen molar-refractivity contribution in [2.24, 2.45) is 5.92 Å². The number of hydrogen-bond acceptors (Lipinski definition) is 2. The van der Waals surface area contributed by atoms with Crippen LogP contribution in [-0.2, 0) is 4.79 Å². The highest BCUT2D eigenvalue weighted by atomic mass is 16.2. The van der Waals surface area contributed by atoms with Crippen molar-refractivity contribution >= 4 is 5.91 Å². The maximum atomic E-state index is 13.4. The van der Waals surface area contributed by atoms with Gasteiger partial charge in [0.05, 0.1) is 0 Å². The monoisotopic (exact) mass is 348 g/mol. The van der Waals surface area contributed by atoms with Crippen LogP contribution in [0.2, 0.25) is 0 Å². The van der Waals surface area contributed by atoms with Crippen LogP contribution in [0.4, 0.5) is 0 Å². The van der Waals surface area contributed by atoms with Gasteiger partial charge in [0.1, 0.15) is 6.04 Å². The summed E-state index contributed by atoms with van der Waals surface area (Å²) in [7, 11) is 0. The highest BCUT2D eigenvalue weighted by Crippen LogP contribution is 2.42. The van der Waals surface area contributed by atoms with Crippen molar-refractivity contribution in [3.05, 3.63) is 71.8 Å². The quantitative estimate of drug-likeness (QED) is 0.835. The average Bonchev–Trinajstić information content (AvgIpc) is 3.55. The smallest absolute Gasteiger partial charge is 0.244 e. The van der Waals surface area contributed by atoms with E-state index in [1.54, 1.807) is 0 Å². The maximum absolute atomic E-state index is 13.4. The predicted octanol–water partition coefficient (Wildman–Crippen LogP) is 4.48. The van der Waals surface area contributed by atoms with E-state index in [-0.39, 0.29) is 18.0 Å². The summed E-state index contributed by atoms with van der Waals surface area (Å²) < 4.78 is 0. The molecule has 3 nitrogen and oxygen atoms in total. The first kappa shape index (κ1) is 17.3. The molecule has 1 N–H and O–H groups in total. The molecule has 3 heteroatoms. The largest absolute Gasteiger partial charge is 0.341 e. The lowest BCUT2D eigenvalue weighted by molar-refractivity contribution is -0.134. The van der Waals surface area contributed by atoms with Crippen LogP contribution < -0.4 is 5.32 Å². The van der Waals surface area contributed by atoms with Gasteiger partial charge in [0.2, 0.25) is 5.91 Å². The Balaban J connectivity index is 1.60. The Morgan fingerprint density at radius 1 is 0.846 bits per heavy atom. The summed E-state index contributed by atoms with van der Waals surface area (Å²) in [5, 5.41) is 3.75. The van der Waals surface area contributed by atoms with Crippen molar-refractivity contribution in [2.45, 2.75) is 44.2 Å². The van der Waals surface area contributed by atoms with Crippen molar-refractivity contribution in [1.29, 1.82) is 0 Å². The highest BCUT2D eigenvalue weighted by Gasteiger charge is 2.36. The normalized spacial score (nSPS) is 19.8. The number of amides is 1. The van der Waals surface area contributed by atoms with Gasteiger partial charge in [0.25, 0.3) is 0 Å². The van der Waals surface area contributed by atoms with E-state index in [1.807, 2.05) is 18.2 Å². The summed E-state index contributed by atoms with van der Waals surface area (Å²) in [6, 6.07) is 20.8. The Morgan fingerprint density at radius 3 is 2.00 bits per heavy atom. The third-order valence-electron chi connectivity index (χ3n) is 5.65. The fourth-order valence-electron chi connectivity index (χ4n) is 4.03. The molecule has 1 amide bonds. The number of nitrogens with one attached hydrogen (secondary N) is 1. The standard InChI is InChI=1S/C23H28N2O/c26-23(25-16-8-3-9-17-25)22(19-12-6-2-7-13-19)24-21(20-14-15-20)18-10-4-1-5-11-18/h1-2,4-7,10-13,20-22,24H,3,8-9,14-17H2. The van der Waals surface area contributed by atoms with Crippen molar-refractivity contribution in [1.82, 2.24) is 10.2 Å². The zero-order valence-electron chi connectivity index (χ0n) is 15.3. The molecular weight excluding hydrogens is 320 g/mol. The lowest BCUT2D eigenvalue weighted by Gasteiger charge is -2.33. The van der Waals surface area contributed by atoms with E-state index in [1.165, 1.54) is 24.8 Å². The Kier molecular flexibility index (Phi) is 5.35. The minimum atomic E-state index is -0.264. The summed E-state index contributed by atoms with van der Waals surface area (Å²) in [6.45, 7) is 1.78. The number of hydrogen-bond donors (Lipinski definition) is 1. The number of nitrogens with zero attached hydrogens (tertiary/aromatic N) is 1. The van der Waals surface area contributed by atoms with Gasteiger partial charge in [-0.15, -0.1) is 0 Å². The molecule has 2 fully saturated rings. The first-order valence-electron chi connectivity index (χ1n) is 9.97. The minimum Gasteiger partial charge on any atom is -0.341 e. The zero-order valence-corrected chi connectivity index (χ0v) is 15.3. The third-order valence-corrected chi connectivity index (χ3v) is 5.65. The first-order chi connectivity index (χ1) is 12.8. The molecule has 2 aromatic carbocycles. The fraction of sp³-hybridized carbons (Fsp3) is 0.435. The molecular formula is C23H28N2O. The second-order valence-corrected chi connectivity index (χ2v) is 7.62. The van der Waals surface area contributed by atoms with Gasteiger partial charge in [-0.3, -0.25) is 10.1 Å². The SMILES string of the molecule is O=C(C(NC(c1ccccc1)C1CC1)c1ccccc1)N1CCCCC1. The van der Waals surface area contributed by atoms with E-state index in [9.17, 15) is 4.79 Å². The van der Waals surface area contributed by atoms with E-state index in [0.29, 0.717) is 5.92 Å². The molecule has 0 aromatic heterocycles. The molecule has 1 aliphatic carbocycles. The number of likely N-dealkylation sites (tertiary alicyclic amines) is 1. The molecule has 26 heavy (non-hydrogen) atoms. The lowest BCUT2D eigenvalue weighted by Crippen LogP contribution is -2.44. The van der Waals surface area contributed by atoms with E-state index < -0.39 is 0 Å². The van der Waals surface area contributed by atoms with Gasteiger partial charge in [0.15, 0.2) is 0 Å². The summed E-state index contributed by atoms with van der Waals surface area (Å²) in [4.78, 5) is 15.4. The predicted molar refractivity (Wildman–Crippen MR) is 105 cm³/mol. The molecule has 1 saturated heterocycles. The van der Waals surface area contributed by atoms with Gasteiger partial charge in [-0.1, -0.05) is 60.7 Å². The fourth-order valence-corrected chi connectivity index (χ4v) is 4.03. The van der Waals surface area contributed by atoms with Gasteiger partial charge in [0, 0.05) is 19.1 Å². The second kappa shape index (κ2) is 8.05. The van der Waals surface area contributed by atoms with Crippen molar-refractivity contribution < 1.29 is 4.79 Å². The Morgan fingerprint density at radius 2 is 1.42 bits per heavy atom. The lowest BCUT2D eigenvalue weighted by atomic mass is 9.97. The van der Waals surface area contributed by atoms with E-state index in [0.717, 1.165) is 31.5 Å². The Labute approximate surface area is 156 Å². The van der Waals surface area contributed by atoms with Gasteiger partial charge in [-0.05, 0) is 49.1 Å². The molecule has 4 rings (SSSR count).